The van der Waals surface area contributed by atoms with Crippen LogP contribution in [0.1, 0.15) is 21.8 Å². The number of hydrogen-bond acceptors (Lipinski definition) is 5. The van der Waals surface area contributed by atoms with E-state index in [2.05, 4.69) is 20.4 Å². The summed E-state index contributed by atoms with van der Waals surface area (Å²) in [5.41, 5.74) is 0.834. The smallest absolute Gasteiger partial charge is 0.416 e. The molecule has 1 amide bonds. The molecular formula is C20H20F3N5O2. The third-order valence-electron chi connectivity index (χ3n) is 4.98. The van der Waals surface area contributed by atoms with E-state index in [9.17, 15) is 18.0 Å². The molecule has 1 aromatic carbocycles. The van der Waals surface area contributed by atoms with Crippen molar-refractivity contribution in [3.05, 3.63) is 65.9 Å². The average Bonchev–Trinajstić information content (AvgIpc) is 3.42. The van der Waals surface area contributed by atoms with Gasteiger partial charge in [-0.25, -0.2) is 0 Å². The Kier molecular flexibility index (Phi) is 5.49. The zero-order valence-electron chi connectivity index (χ0n) is 15.9. The van der Waals surface area contributed by atoms with Crippen molar-refractivity contribution in [2.75, 3.05) is 36.4 Å². The molecule has 4 rings (SSSR count). The number of H-pyrrole nitrogens is 1. The lowest BCUT2D eigenvalue weighted by Crippen LogP contribution is -2.46. The molecule has 7 nitrogen and oxygen atoms in total. The van der Waals surface area contributed by atoms with Gasteiger partial charge in [0, 0.05) is 44.6 Å². The Hall–Kier alpha value is -3.27. The Bertz CT molecular complexity index is 979. The first-order chi connectivity index (χ1) is 14.4. The van der Waals surface area contributed by atoms with Crippen molar-refractivity contribution in [1.82, 2.24) is 15.1 Å². The summed E-state index contributed by atoms with van der Waals surface area (Å²) >= 11 is 0. The zero-order valence-corrected chi connectivity index (χ0v) is 15.9. The van der Waals surface area contributed by atoms with Crippen LogP contribution in [-0.4, -0.2) is 47.2 Å². The molecule has 30 heavy (non-hydrogen) atoms. The van der Waals surface area contributed by atoms with Gasteiger partial charge in [-0.05, 0) is 36.4 Å². The third kappa shape index (κ3) is 4.48. The van der Waals surface area contributed by atoms with Gasteiger partial charge in [-0.1, -0.05) is 0 Å². The normalized spacial score (nSPS) is 15.4. The van der Waals surface area contributed by atoms with Crippen LogP contribution >= 0.6 is 0 Å². The molecule has 1 aliphatic rings. The third-order valence-corrected chi connectivity index (χ3v) is 4.98. The number of amides is 1. The van der Waals surface area contributed by atoms with Crippen LogP contribution < -0.4 is 10.2 Å². The maximum absolute atomic E-state index is 13.2. The quantitative estimate of drug-likeness (QED) is 0.661. The molecule has 0 aliphatic carbocycles. The van der Waals surface area contributed by atoms with Gasteiger partial charge in [-0.3, -0.25) is 14.8 Å². The molecule has 2 N–H and O–H groups in total. The molecule has 10 heteroatoms. The minimum Gasteiger partial charge on any atom is -0.459 e. The van der Waals surface area contributed by atoms with E-state index in [4.69, 9.17) is 4.42 Å². The monoisotopic (exact) mass is 419 g/mol. The predicted molar refractivity (Wildman–Crippen MR) is 104 cm³/mol. The molecule has 0 spiro atoms. The SMILES string of the molecule is O=C(Nc1cc(C(F)(F)F)ccc1N1CCN(Cc2ccn[nH]2)CC1)c1ccco1. The number of benzene rings is 1. The van der Waals surface area contributed by atoms with Crippen molar-refractivity contribution in [2.24, 2.45) is 0 Å². The fourth-order valence-corrected chi connectivity index (χ4v) is 3.44. The van der Waals surface area contributed by atoms with Crippen LogP contribution in [0.25, 0.3) is 0 Å². The summed E-state index contributed by atoms with van der Waals surface area (Å²) in [5.74, 6) is -0.568. The Balaban J connectivity index is 1.52. The van der Waals surface area contributed by atoms with Gasteiger partial charge in [0.1, 0.15) is 0 Å². The van der Waals surface area contributed by atoms with Crippen molar-refractivity contribution >= 4 is 17.3 Å². The number of aromatic nitrogens is 2. The molecule has 2 aromatic heterocycles. The summed E-state index contributed by atoms with van der Waals surface area (Å²) in [7, 11) is 0. The molecule has 0 saturated carbocycles. The molecule has 1 fully saturated rings. The van der Waals surface area contributed by atoms with Crippen LogP contribution in [0.4, 0.5) is 24.5 Å². The first-order valence-electron chi connectivity index (χ1n) is 9.42. The van der Waals surface area contributed by atoms with Crippen molar-refractivity contribution in [3.8, 4) is 0 Å². The number of nitrogens with one attached hydrogen (secondary N) is 2. The average molecular weight is 419 g/mol. The number of carbonyl (C=O) groups is 1. The number of nitrogens with zero attached hydrogens (tertiary/aromatic N) is 3. The highest BCUT2D eigenvalue weighted by Crippen LogP contribution is 2.36. The van der Waals surface area contributed by atoms with Crippen LogP contribution in [-0.2, 0) is 12.7 Å². The number of alkyl halides is 3. The number of halogens is 3. The van der Waals surface area contributed by atoms with Gasteiger partial charge in [0.05, 0.1) is 23.2 Å². The molecule has 0 bridgehead atoms. The summed E-state index contributed by atoms with van der Waals surface area (Å²) in [5, 5.41) is 9.43. The molecule has 3 aromatic rings. The van der Waals surface area contributed by atoms with E-state index in [-0.39, 0.29) is 11.4 Å². The molecule has 0 radical (unpaired) electrons. The van der Waals surface area contributed by atoms with Gasteiger partial charge in [-0.15, -0.1) is 0 Å². The van der Waals surface area contributed by atoms with Gasteiger partial charge in [0.15, 0.2) is 5.76 Å². The van der Waals surface area contributed by atoms with E-state index in [1.54, 1.807) is 12.3 Å². The van der Waals surface area contributed by atoms with Crippen LogP contribution in [0.15, 0.2) is 53.3 Å². The molecule has 0 unspecified atom stereocenters. The second-order valence-electron chi connectivity index (χ2n) is 7.01. The second-order valence-corrected chi connectivity index (χ2v) is 7.01. The van der Waals surface area contributed by atoms with Gasteiger partial charge in [-0.2, -0.15) is 18.3 Å². The Morgan fingerprint density at radius 2 is 1.97 bits per heavy atom. The molecule has 3 heterocycles. The Labute approximate surface area is 170 Å². The fraction of sp³-hybridized carbons (Fsp3) is 0.300. The zero-order chi connectivity index (χ0) is 21.1. The van der Waals surface area contributed by atoms with Crippen molar-refractivity contribution in [1.29, 1.82) is 0 Å². The van der Waals surface area contributed by atoms with Crippen LogP contribution in [0, 0.1) is 0 Å². The molecule has 158 valence electrons. The lowest BCUT2D eigenvalue weighted by Gasteiger charge is -2.36. The topological polar surface area (TPSA) is 77.4 Å². The number of rotatable bonds is 5. The van der Waals surface area contributed by atoms with E-state index in [0.29, 0.717) is 18.8 Å². The van der Waals surface area contributed by atoms with E-state index < -0.39 is 17.6 Å². The summed E-state index contributed by atoms with van der Waals surface area (Å²) < 4.78 is 44.7. The summed E-state index contributed by atoms with van der Waals surface area (Å²) in [6, 6.07) is 8.31. The minimum absolute atomic E-state index is 0.0303. The number of anilines is 2. The van der Waals surface area contributed by atoms with Gasteiger partial charge >= 0.3 is 6.18 Å². The highest BCUT2D eigenvalue weighted by molar-refractivity contribution is 6.04. The lowest BCUT2D eigenvalue weighted by atomic mass is 10.1. The first kappa shape index (κ1) is 20.0. The standard InChI is InChI=1S/C20H20F3N5O2/c21-20(22,23)14-3-4-17(16(12-14)25-19(29)18-2-1-11-30-18)28-9-7-27(8-10-28)13-15-5-6-24-26-15/h1-6,11-12H,7-10,13H2,(H,24,26)(H,25,29). The maximum atomic E-state index is 13.2. The second kappa shape index (κ2) is 8.23. The summed E-state index contributed by atoms with van der Waals surface area (Å²) in [6.07, 6.45) is -1.48. The van der Waals surface area contributed by atoms with Crippen molar-refractivity contribution in [3.63, 3.8) is 0 Å². The lowest BCUT2D eigenvalue weighted by molar-refractivity contribution is -0.137. The number of carbonyl (C=O) groups excluding carboxylic acids is 1. The largest absolute Gasteiger partial charge is 0.459 e. The highest BCUT2D eigenvalue weighted by atomic mass is 19.4. The molecular weight excluding hydrogens is 399 g/mol. The van der Waals surface area contributed by atoms with Crippen LogP contribution in [0.3, 0.4) is 0 Å². The number of hydrogen-bond donors (Lipinski definition) is 2. The highest BCUT2D eigenvalue weighted by Gasteiger charge is 2.32. The number of furan rings is 1. The molecule has 1 aliphatic heterocycles. The molecule has 0 atom stereocenters. The van der Waals surface area contributed by atoms with Crippen molar-refractivity contribution in [2.45, 2.75) is 12.7 Å². The maximum Gasteiger partial charge on any atom is 0.416 e. The predicted octanol–water partition coefficient (Wildman–Crippen LogP) is 3.60. The Morgan fingerprint density at radius 3 is 2.60 bits per heavy atom. The Morgan fingerprint density at radius 1 is 1.17 bits per heavy atom. The summed E-state index contributed by atoms with van der Waals surface area (Å²) in [6.45, 7) is 3.41. The number of aromatic amines is 1. The van der Waals surface area contributed by atoms with E-state index >= 15 is 0 Å². The minimum atomic E-state index is -4.51. The van der Waals surface area contributed by atoms with E-state index in [0.717, 1.165) is 37.5 Å². The fourth-order valence-electron chi connectivity index (χ4n) is 3.44. The van der Waals surface area contributed by atoms with E-state index in [1.807, 2.05) is 11.0 Å². The first-order valence-corrected chi connectivity index (χ1v) is 9.42. The molecule has 1 saturated heterocycles. The van der Waals surface area contributed by atoms with Crippen LogP contribution in [0.2, 0.25) is 0 Å². The van der Waals surface area contributed by atoms with Gasteiger partial charge in [0.25, 0.3) is 5.91 Å². The number of piperazine rings is 1. The summed E-state index contributed by atoms with van der Waals surface area (Å²) in [4.78, 5) is 16.6. The van der Waals surface area contributed by atoms with Gasteiger partial charge < -0.3 is 14.6 Å². The van der Waals surface area contributed by atoms with Gasteiger partial charge in [0.2, 0.25) is 0 Å². The van der Waals surface area contributed by atoms with Crippen LogP contribution in [0.5, 0.6) is 0 Å². The van der Waals surface area contributed by atoms with Crippen molar-refractivity contribution < 1.29 is 22.4 Å². The van der Waals surface area contributed by atoms with E-state index in [1.165, 1.54) is 18.4 Å².